The number of nitrogens with one attached hydrogen (secondary N) is 1. The molecule has 0 aliphatic rings. The minimum atomic E-state index is -0.262. The van der Waals surface area contributed by atoms with E-state index in [1.165, 1.54) is 0 Å². The second kappa shape index (κ2) is 9.76. The van der Waals surface area contributed by atoms with Crippen molar-refractivity contribution in [3.63, 3.8) is 0 Å². The van der Waals surface area contributed by atoms with E-state index in [2.05, 4.69) is 62.3 Å². The van der Waals surface area contributed by atoms with Crippen molar-refractivity contribution in [2.24, 2.45) is 5.10 Å². The van der Waals surface area contributed by atoms with Crippen molar-refractivity contribution in [1.82, 2.24) is 5.43 Å². The number of nitrogens with zero attached hydrogens (tertiary/aromatic N) is 1. The highest BCUT2D eigenvalue weighted by Gasteiger charge is 2.11. The maximum atomic E-state index is 12.1. The molecule has 0 aliphatic heterocycles. The Morgan fingerprint density at radius 3 is 2.80 bits per heavy atom. The molecule has 0 aromatic heterocycles. The zero-order valence-corrected chi connectivity index (χ0v) is 17.8. The predicted molar refractivity (Wildman–Crippen MR) is 116 cm³/mol. The average molecular weight is 562 g/mol. The fourth-order valence-corrected chi connectivity index (χ4v) is 3.28. The Morgan fingerprint density at radius 2 is 2.12 bits per heavy atom. The van der Waals surface area contributed by atoms with Crippen LogP contribution in [0.2, 0.25) is 0 Å². The molecule has 130 valence electrons. The number of hydrazone groups is 1. The summed E-state index contributed by atoms with van der Waals surface area (Å²) >= 11 is 4.32. The topological polar surface area (TPSA) is 59.9 Å². The van der Waals surface area contributed by atoms with E-state index < -0.39 is 0 Å². The van der Waals surface area contributed by atoms with Crippen LogP contribution < -0.4 is 14.9 Å². The van der Waals surface area contributed by atoms with Gasteiger partial charge in [-0.3, -0.25) is 4.79 Å². The van der Waals surface area contributed by atoms with Gasteiger partial charge in [-0.2, -0.15) is 5.10 Å². The van der Waals surface area contributed by atoms with Crippen molar-refractivity contribution in [1.29, 1.82) is 0 Å². The van der Waals surface area contributed by atoms with Crippen LogP contribution in [0.4, 0.5) is 0 Å². The van der Waals surface area contributed by atoms with Crippen LogP contribution >= 0.6 is 45.2 Å². The lowest BCUT2D eigenvalue weighted by atomic mass is 10.2. The summed E-state index contributed by atoms with van der Waals surface area (Å²) in [6.07, 6.45) is 3.24. The lowest BCUT2D eigenvalue weighted by Gasteiger charge is -2.12. The van der Waals surface area contributed by atoms with Crippen molar-refractivity contribution < 1.29 is 14.3 Å². The molecule has 25 heavy (non-hydrogen) atoms. The number of rotatable bonds is 7. The third kappa shape index (κ3) is 5.70. The summed E-state index contributed by atoms with van der Waals surface area (Å²) in [7, 11) is 1.58. The molecule has 0 radical (unpaired) electrons. The Kier molecular flexibility index (Phi) is 7.69. The summed E-state index contributed by atoms with van der Waals surface area (Å²) in [5.74, 6) is 0.990. The second-order valence-corrected chi connectivity index (χ2v) is 7.25. The Bertz CT molecular complexity index is 807. The van der Waals surface area contributed by atoms with Gasteiger partial charge in [0, 0.05) is 9.13 Å². The van der Waals surface area contributed by atoms with Crippen molar-refractivity contribution >= 4 is 57.3 Å². The van der Waals surface area contributed by atoms with Crippen LogP contribution in [0.1, 0.15) is 15.9 Å². The highest BCUT2D eigenvalue weighted by Crippen LogP contribution is 2.33. The SMILES string of the molecule is C=CCOc1c(I)cc(/C=N\NC(=O)c2cccc(I)c2)cc1OC. The number of carbonyl (C=O) groups is 1. The maximum absolute atomic E-state index is 12.1. The highest BCUT2D eigenvalue weighted by molar-refractivity contribution is 14.1. The summed E-state index contributed by atoms with van der Waals surface area (Å²) < 4.78 is 12.8. The lowest BCUT2D eigenvalue weighted by molar-refractivity contribution is 0.0955. The van der Waals surface area contributed by atoms with Gasteiger partial charge in [0.1, 0.15) is 6.61 Å². The molecule has 7 heteroatoms. The smallest absolute Gasteiger partial charge is 0.271 e. The first-order chi connectivity index (χ1) is 12.0. The standard InChI is InChI=1S/C18H16I2N2O3/c1-3-7-25-17-15(20)8-12(9-16(17)24-2)11-21-22-18(23)13-5-4-6-14(19)10-13/h3-6,8-11H,1,7H2,2H3,(H,22,23)/b21-11-. The molecule has 0 bridgehead atoms. The van der Waals surface area contributed by atoms with Gasteiger partial charge < -0.3 is 9.47 Å². The molecule has 0 spiro atoms. The first-order valence-electron chi connectivity index (χ1n) is 7.25. The summed E-state index contributed by atoms with van der Waals surface area (Å²) in [6, 6.07) is 11.0. The fourth-order valence-electron chi connectivity index (χ4n) is 1.96. The number of halogens is 2. The van der Waals surface area contributed by atoms with E-state index in [9.17, 15) is 4.79 Å². The number of amides is 1. The van der Waals surface area contributed by atoms with Crippen LogP contribution in [0.5, 0.6) is 11.5 Å². The number of hydrogen-bond acceptors (Lipinski definition) is 4. The maximum Gasteiger partial charge on any atom is 0.271 e. The van der Waals surface area contributed by atoms with Gasteiger partial charge >= 0.3 is 0 Å². The second-order valence-electron chi connectivity index (χ2n) is 4.84. The highest BCUT2D eigenvalue weighted by atomic mass is 127. The largest absolute Gasteiger partial charge is 0.493 e. The normalized spacial score (nSPS) is 10.5. The summed E-state index contributed by atoms with van der Waals surface area (Å²) in [5, 5.41) is 4.01. The van der Waals surface area contributed by atoms with Gasteiger partial charge in [-0.25, -0.2) is 5.43 Å². The summed E-state index contributed by atoms with van der Waals surface area (Å²) in [6.45, 7) is 4.03. The molecule has 0 unspecified atom stereocenters. The number of carbonyl (C=O) groups excluding carboxylic acids is 1. The van der Waals surface area contributed by atoms with E-state index in [0.717, 1.165) is 12.7 Å². The third-order valence-corrected chi connectivity index (χ3v) is 4.54. The lowest BCUT2D eigenvalue weighted by Crippen LogP contribution is -2.17. The van der Waals surface area contributed by atoms with Crippen LogP contribution in [0.15, 0.2) is 54.2 Å². The summed E-state index contributed by atoms with van der Waals surface area (Å²) in [5.41, 5.74) is 3.87. The molecule has 2 rings (SSSR count). The van der Waals surface area contributed by atoms with E-state index in [1.807, 2.05) is 18.2 Å². The summed E-state index contributed by atoms with van der Waals surface area (Å²) in [4.78, 5) is 12.1. The van der Waals surface area contributed by atoms with Gasteiger partial charge in [0.2, 0.25) is 0 Å². The minimum absolute atomic E-state index is 0.262. The van der Waals surface area contributed by atoms with Crippen LogP contribution in [0.25, 0.3) is 0 Å². The van der Waals surface area contributed by atoms with E-state index in [1.54, 1.807) is 37.6 Å². The molecular formula is C18H16I2N2O3. The van der Waals surface area contributed by atoms with E-state index in [-0.39, 0.29) is 5.91 Å². The number of methoxy groups -OCH3 is 1. The average Bonchev–Trinajstić information content (AvgIpc) is 2.60. The Hall–Kier alpha value is -1.62. The first-order valence-corrected chi connectivity index (χ1v) is 9.41. The van der Waals surface area contributed by atoms with Crippen LogP contribution in [-0.4, -0.2) is 25.8 Å². The quantitative estimate of drug-likeness (QED) is 0.238. The Morgan fingerprint density at radius 1 is 1.32 bits per heavy atom. The monoisotopic (exact) mass is 562 g/mol. The molecule has 1 N–H and O–H groups in total. The van der Waals surface area contributed by atoms with Crippen LogP contribution in [0.3, 0.4) is 0 Å². The van der Waals surface area contributed by atoms with Gasteiger partial charge in [-0.05, 0) is 81.1 Å². The minimum Gasteiger partial charge on any atom is -0.493 e. The Balaban J connectivity index is 2.11. The molecule has 0 saturated heterocycles. The van der Waals surface area contributed by atoms with E-state index in [4.69, 9.17) is 9.47 Å². The number of benzene rings is 2. The molecular weight excluding hydrogens is 546 g/mol. The van der Waals surface area contributed by atoms with Crippen molar-refractivity contribution in [3.8, 4) is 11.5 Å². The molecule has 0 aliphatic carbocycles. The molecule has 0 heterocycles. The number of ether oxygens (including phenoxy) is 2. The zero-order chi connectivity index (χ0) is 18.2. The van der Waals surface area contributed by atoms with Gasteiger partial charge in [-0.15, -0.1) is 0 Å². The zero-order valence-electron chi connectivity index (χ0n) is 13.5. The van der Waals surface area contributed by atoms with Crippen LogP contribution in [-0.2, 0) is 0 Å². The van der Waals surface area contributed by atoms with Gasteiger partial charge in [-0.1, -0.05) is 18.7 Å². The van der Waals surface area contributed by atoms with E-state index in [0.29, 0.717) is 23.7 Å². The van der Waals surface area contributed by atoms with Gasteiger partial charge in [0.15, 0.2) is 11.5 Å². The fraction of sp³-hybridized carbons (Fsp3) is 0.111. The van der Waals surface area contributed by atoms with E-state index >= 15 is 0 Å². The van der Waals surface area contributed by atoms with Gasteiger partial charge in [0.25, 0.3) is 5.91 Å². The first kappa shape index (κ1) is 19.7. The molecule has 2 aromatic rings. The molecule has 2 aromatic carbocycles. The van der Waals surface area contributed by atoms with Crippen molar-refractivity contribution in [2.75, 3.05) is 13.7 Å². The molecule has 0 saturated carbocycles. The molecule has 0 fully saturated rings. The molecule has 5 nitrogen and oxygen atoms in total. The van der Waals surface area contributed by atoms with Gasteiger partial charge in [0.05, 0.1) is 16.9 Å². The molecule has 1 amide bonds. The third-order valence-electron chi connectivity index (χ3n) is 3.06. The van der Waals surface area contributed by atoms with Crippen molar-refractivity contribution in [2.45, 2.75) is 0 Å². The van der Waals surface area contributed by atoms with Crippen molar-refractivity contribution in [3.05, 3.63) is 67.3 Å². The Labute approximate surface area is 173 Å². The number of hydrogen-bond donors (Lipinski definition) is 1. The van der Waals surface area contributed by atoms with Crippen LogP contribution in [0, 0.1) is 7.14 Å². The molecule has 0 atom stereocenters. The predicted octanol–water partition coefficient (Wildman–Crippen LogP) is 4.23.